The van der Waals surface area contributed by atoms with Gasteiger partial charge in [-0.25, -0.2) is 0 Å². The Morgan fingerprint density at radius 3 is 2.09 bits per heavy atom. The fraction of sp³-hybridized carbons (Fsp3) is 0.333. The largest absolute Gasteiger partial charge is 0.366 e. The first-order valence-electron chi connectivity index (χ1n) is 7.50. The van der Waals surface area contributed by atoms with Gasteiger partial charge in [-0.15, -0.1) is 0 Å². The van der Waals surface area contributed by atoms with Crippen LogP contribution in [0.3, 0.4) is 0 Å². The molecule has 116 valence electrons. The van der Waals surface area contributed by atoms with Crippen LogP contribution in [0.2, 0.25) is 0 Å². The van der Waals surface area contributed by atoms with E-state index in [0.717, 1.165) is 12.0 Å². The summed E-state index contributed by atoms with van der Waals surface area (Å²) in [5.41, 5.74) is 2.20. The normalized spacial score (nSPS) is 13.5. The molecule has 4 nitrogen and oxygen atoms in total. The van der Waals surface area contributed by atoms with Gasteiger partial charge < -0.3 is 4.74 Å². The average Bonchev–Trinajstić information content (AvgIpc) is 2.56. The molecule has 0 aliphatic rings. The van der Waals surface area contributed by atoms with Crippen molar-refractivity contribution in [1.82, 2.24) is 0 Å². The molecule has 4 heteroatoms. The molecule has 0 spiro atoms. The summed E-state index contributed by atoms with van der Waals surface area (Å²) < 4.78 is 5.83. The topological polar surface area (TPSA) is 52.4 Å². The number of nitrogens with zero attached hydrogens (tertiary/aromatic N) is 1. The van der Waals surface area contributed by atoms with Crippen molar-refractivity contribution < 1.29 is 9.66 Å². The Kier molecular flexibility index (Phi) is 6.10. The van der Waals surface area contributed by atoms with Gasteiger partial charge in [0.05, 0.1) is 6.61 Å². The molecule has 2 atom stereocenters. The van der Waals surface area contributed by atoms with Crippen LogP contribution in [0.1, 0.15) is 24.5 Å². The highest BCUT2D eigenvalue weighted by Gasteiger charge is 2.27. The number of benzene rings is 2. The molecule has 0 radical (unpaired) electrons. The first kappa shape index (κ1) is 16.2. The Hall–Kier alpha value is -2.20. The second-order valence-electron chi connectivity index (χ2n) is 5.39. The van der Waals surface area contributed by atoms with Crippen molar-refractivity contribution in [3.05, 3.63) is 81.9 Å². The van der Waals surface area contributed by atoms with E-state index in [0.29, 0.717) is 13.0 Å². The fourth-order valence-electron chi connectivity index (χ4n) is 2.33. The lowest BCUT2D eigenvalue weighted by molar-refractivity contribution is -0.531. The van der Waals surface area contributed by atoms with Crippen LogP contribution in [0.15, 0.2) is 60.7 Å². The van der Waals surface area contributed by atoms with E-state index in [1.807, 2.05) is 60.7 Å². The van der Waals surface area contributed by atoms with E-state index in [1.54, 1.807) is 6.92 Å². The number of hydrogen-bond donors (Lipinski definition) is 0. The van der Waals surface area contributed by atoms with Gasteiger partial charge in [-0.2, -0.15) is 0 Å². The van der Waals surface area contributed by atoms with Crippen LogP contribution in [0, 0.1) is 10.1 Å². The van der Waals surface area contributed by atoms with Gasteiger partial charge in [0.25, 0.3) is 0 Å². The third-order valence-corrected chi connectivity index (χ3v) is 3.74. The van der Waals surface area contributed by atoms with E-state index in [-0.39, 0.29) is 4.92 Å². The Labute approximate surface area is 130 Å². The van der Waals surface area contributed by atoms with Gasteiger partial charge >= 0.3 is 0 Å². The summed E-state index contributed by atoms with van der Waals surface area (Å²) >= 11 is 0. The molecule has 0 aromatic heterocycles. The molecule has 0 aliphatic carbocycles. The zero-order chi connectivity index (χ0) is 15.8. The summed E-state index contributed by atoms with van der Waals surface area (Å²) in [4.78, 5) is 10.8. The van der Waals surface area contributed by atoms with Crippen molar-refractivity contribution >= 4 is 0 Å². The van der Waals surface area contributed by atoms with E-state index in [4.69, 9.17) is 4.74 Å². The minimum atomic E-state index is -0.715. The molecule has 0 saturated carbocycles. The van der Waals surface area contributed by atoms with E-state index >= 15 is 0 Å². The molecule has 2 aromatic rings. The molecule has 0 N–H and O–H groups in total. The standard InChI is InChI=1S/C18H21NO3/c1-15(19(20)21)18(13-12-16-8-4-2-5-9-16)22-14-17-10-6-3-7-11-17/h2-11,15,18H,12-14H2,1H3. The molecule has 0 fully saturated rings. The monoisotopic (exact) mass is 299 g/mol. The molecule has 2 aromatic carbocycles. The third kappa shape index (κ3) is 4.97. The lowest BCUT2D eigenvalue weighted by Gasteiger charge is -2.19. The second-order valence-corrected chi connectivity index (χ2v) is 5.39. The number of hydrogen-bond acceptors (Lipinski definition) is 3. The van der Waals surface area contributed by atoms with Gasteiger partial charge in [-0.1, -0.05) is 60.7 Å². The van der Waals surface area contributed by atoms with Crippen LogP contribution in [-0.2, 0) is 17.8 Å². The van der Waals surface area contributed by atoms with Crippen molar-refractivity contribution in [3.63, 3.8) is 0 Å². The van der Waals surface area contributed by atoms with Crippen molar-refractivity contribution in [3.8, 4) is 0 Å². The predicted molar refractivity (Wildman–Crippen MR) is 86.2 cm³/mol. The molecule has 0 heterocycles. The molecule has 2 rings (SSSR count). The maximum Gasteiger partial charge on any atom is 0.236 e. The second kappa shape index (κ2) is 8.29. The molecule has 22 heavy (non-hydrogen) atoms. The molecule has 0 saturated heterocycles. The molecule has 0 amide bonds. The fourth-order valence-corrected chi connectivity index (χ4v) is 2.33. The van der Waals surface area contributed by atoms with Crippen molar-refractivity contribution in [1.29, 1.82) is 0 Å². The van der Waals surface area contributed by atoms with Crippen LogP contribution >= 0.6 is 0 Å². The zero-order valence-electron chi connectivity index (χ0n) is 12.7. The van der Waals surface area contributed by atoms with Crippen molar-refractivity contribution in [2.45, 2.75) is 38.5 Å². The Morgan fingerprint density at radius 1 is 1.00 bits per heavy atom. The van der Waals surface area contributed by atoms with Crippen molar-refractivity contribution in [2.24, 2.45) is 0 Å². The number of nitro groups is 1. The maximum absolute atomic E-state index is 11.1. The smallest absolute Gasteiger partial charge is 0.236 e. The van der Waals surface area contributed by atoms with Gasteiger partial charge in [-0.05, 0) is 24.0 Å². The van der Waals surface area contributed by atoms with Gasteiger partial charge in [-0.3, -0.25) is 10.1 Å². The van der Waals surface area contributed by atoms with Crippen LogP contribution in [0.25, 0.3) is 0 Å². The highest BCUT2D eigenvalue weighted by molar-refractivity contribution is 5.15. The molecule has 0 aliphatic heterocycles. The molecular formula is C18H21NO3. The summed E-state index contributed by atoms with van der Waals surface area (Å²) in [7, 11) is 0. The average molecular weight is 299 g/mol. The summed E-state index contributed by atoms with van der Waals surface area (Å²) in [5.74, 6) is 0. The first-order chi connectivity index (χ1) is 10.7. The number of rotatable bonds is 8. The van der Waals surface area contributed by atoms with Crippen LogP contribution in [0.4, 0.5) is 0 Å². The minimum absolute atomic E-state index is 0.263. The maximum atomic E-state index is 11.1. The highest BCUT2D eigenvalue weighted by atomic mass is 16.6. The van der Waals surface area contributed by atoms with E-state index in [2.05, 4.69) is 0 Å². The summed E-state index contributed by atoms with van der Waals surface area (Å²) in [6, 6.07) is 19.0. The van der Waals surface area contributed by atoms with Gasteiger partial charge in [0.15, 0.2) is 0 Å². The number of aryl methyl sites for hydroxylation is 1. The van der Waals surface area contributed by atoms with Crippen LogP contribution in [-0.4, -0.2) is 17.1 Å². The zero-order valence-corrected chi connectivity index (χ0v) is 12.7. The Balaban J connectivity index is 1.95. The summed E-state index contributed by atoms with van der Waals surface area (Å²) in [6.07, 6.45) is 1.02. The lowest BCUT2D eigenvalue weighted by Crippen LogP contribution is -2.33. The lowest BCUT2D eigenvalue weighted by atomic mass is 10.0. The number of ether oxygens (including phenoxy) is 1. The van der Waals surface area contributed by atoms with Crippen molar-refractivity contribution in [2.75, 3.05) is 0 Å². The van der Waals surface area contributed by atoms with Gasteiger partial charge in [0.1, 0.15) is 6.10 Å². The van der Waals surface area contributed by atoms with E-state index in [1.165, 1.54) is 5.56 Å². The van der Waals surface area contributed by atoms with E-state index < -0.39 is 12.1 Å². The SMILES string of the molecule is CC(C(CCc1ccccc1)OCc1ccccc1)[N+](=O)[O-]. The molecule has 0 bridgehead atoms. The minimum Gasteiger partial charge on any atom is -0.366 e. The summed E-state index contributed by atoms with van der Waals surface area (Å²) in [5, 5.41) is 11.1. The van der Waals surface area contributed by atoms with E-state index in [9.17, 15) is 10.1 Å². The third-order valence-electron chi connectivity index (χ3n) is 3.74. The Bertz CT molecular complexity index is 528. The Morgan fingerprint density at radius 2 is 1.55 bits per heavy atom. The first-order valence-corrected chi connectivity index (χ1v) is 7.50. The van der Waals surface area contributed by atoms with Crippen LogP contribution < -0.4 is 0 Å². The highest BCUT2D eigenvalue weighted by Crippen LogP contribution is 2.15. The molecular weight excluding hydrogens is 278 g/mol. The van der Waals surface area contributed by atoms with Gasteiger partial charge in [0.2, 0.25) is 6.04 Å². The predicted octanol–water partition coefficient (Wildman–Crippen LogP) is 3.87. The molecule has 2 unspecified atom stereocenters. The van der Waals surface area contributed by atoms with Gasteiger partial charge in [0, 0.05) is 11.8 Å². The quantitative estimate of drug-likeness (QED) is 0.549. The summed E-state index contributed by atoms with van der Waals surface area (Å²) in [6.45, 7) is 2.01. The van der Waals surface area contributed by atoms with Crippen LogP contribution in [0.5, 0.6) is 0 Å².